The van der Waals surface area contributed by atoms with Gasteiger partial charge < -0.3 is 5.73 Å². The van der Waals surface area contributed by atoms with E-state index in [4.69, 9.17) is 17.3 Å². The highest BCUT2D eigenvalue weighted by atomic mass is 35.5. The molecule has 34 heavy (non-hydrogen) atoms. The monoisotopic (exact) mass is 472 g/mol. The third kappa shape index (κ3) is 4.80. The number of primary amides is 1. The number of Topliss-reactive ketones (excluding diaryl/α,β-unsaturated/α-hetero) is 1. The van der Waals surface area contributed by atoms with Crippen LogP contribution in [0, 0.1) is 0 Å². The fourth-order valence-corrected chi connectivity index (χ4v) is 4.36. The minimum atomic E-state index is -0.344. The van der Waals surface area contributed by atoms with Crippen molar-refractivity contribution in [3.05, 3.63) is 105 Å². The number of carbonyl (C=O) groups is 2. The number of amides is 1. The van der Waals surface area contributed by atoms with Crippen LogP contribution in [0.4, 0.5) is 0 Å². The van der Waals surface area contributed by atoms with Gasteiger partial charge in [0, 0.05) is 28.8 Å². The quantitative estimate of drug-likeness (QED) is 0.349. The molecule has 1 heterocycles. The van der Waals surface area contributed by atoms with Gasteiger partial charge in [-0.05, 0) is 46.7 Å². The number of hydrogen-bond donors (Lipinski definition) is 1. The number of nitrogens with two attached hydrogens (primary N) is 1. The van der Waals surface area contributed by atoms with Crippen LogP contribution >= 0.6 is 11.6 Å². The lowest BCUT2D eigenvalue weighted by molar-refractivity contribution is -0.117. The Morgan fingerprint density at radius 3 is 2.24 bits per heavy atom. The number of fused-ring (bicyclic) bond motifs is 1. The molecule has 5 nitrogen and oxygen atoms in total. The maximum absolute atomic E-state index is 13.6. The van der Waals surface area contributed by atoms with Crippen molar-refractivity contribution in [2.75, 3.05) is 0 Å². The molecule has 6 heteroatoms. The molecule has 0 aliphatic rings. The van der Waals surface area contributed by atoms with Crippen LogP contribution in [0.15, 0.2) is 77.6 Å². The third-order valence-corrected chi connectivity index (χ3v) is 6.14. The molecule has 0 radical (unpaired) electrons. The average molecular weight is 473 g/mol. The van der Waals surface area contributed by atoms with Gasteiger partial charge in [0.25, 0.3) is 5.56 Å². The molecule has 0 unspecified atom stereocenters. The number of benzene rings is 3. The van der Waals surface area contributed by atoms with E-state index in [9.17, 15) is 14.4 Å². The number of nitrogens with zero attached hydrogens (tertiary/aromatic N) is 1. The van der Waals surface area contributed by atoms with E-state index in [2.05, 4.69) is 0 Å². The first kappa shape index (κ1) is 23.5. The van der Waals surface area contributed by atoms with E-state index in [1.54, 1.807) is 29.7 Å². The first-order valence-electron chi connectivity index (χ1n) is 11.2. The summed E-state index contributed by atoms with van der Waals surface area (Å²) in [5, 5.41) is 1.68. The zero-order valence-corrected chi connectivity index (χ0v) is 19.6. The predicted molar refractivity (Wildman–Crippen MR) is 136 cm³/mol. The summed E-state index contributed by atoms with van der Waals surface area (Å²) in [6.45, 7) is 2.04. The van der Waals surface area contributed by atoms with E-state index in [0.717, 1.165) is 16.7 Å². The van der Waals surface area contributed by atoms with Crippen molar-refractivity contribution >= 4 is 34.1 Å². The smallest absolute Gasteiger partial charge is 0.259 e. The molecule has 2 N–H and O–H groups in total. The molecule has 1 aromatic heterocycles. The van der Waals surface area contributed by atoms with E-state index in [-0.39, 0.29) is 36.6 Å². The molecule has 172 valence electrons. The first-order chi connectivity index (χ1) is 16.4. The summed E-state index contributed by atoms with van der Waals surface area (Å²) in [7, 11) is 0. The second-order valence-electron chi connectivity index (χ2n) is 8.23. The van der Waals surface area contributed by atoms with Crippen LogP contribution in [0.5, 0.6) is 0 Å². The molecule has 0 spiro atoms. The fraction of sp³-hybridized carbons (Fsp3) is 0.179. The lowest BCUT2D eigenvalue weighted by atomic mass is 9.94. The molecule has 0 bridgehead atoms. The van der Waals surface area contributed by atoms with Gasteiger partial charge in [0.1, 0.15) is 0 Å². The number of pyridine rings is 1. The highest BCUT2D eigenvalue weighted by Crippen LogP contribution is 2.33. The number of ketones is 1. The second-order valence-corrected chi connectivity index (χ2v) is 8.67. The normalized spacial score (nSPS) is 11.0. The number of aryl methyl sites for hydroxylation is 1. The number of hydrogen-bond acceptors (Lipinski definition) is 3. The van der Waals surface area contributed by atoms with Gasteiger partial charge in [0.2, 0.25) is 5.91 Å². The summed E-state index contributed by atoms with van der Waals surface area (Å²) in [4.78, 5) is 38.0. The van der Waals surface area contributed by atoms with Crippen molar-refractivity contribution in [2.24, 2.45) is 5.73 Å². The second kappa shape index (κ2) is 10.1. The van der Waals surface area contributed by atoms with Gasteiger partial charge in [-0.2, -0.15) is 0 Å². The summed E-state index contributed by atoms with van der Waals surface area (Å²) in [6, 6.07) is 22.4. The maximum Gasteiger partial charge on any atom is 0.259 e. The number of carbonyl (C=O) groups excluding carboxylic acids is 2. The Morgan fingerprint density at radius 1 is 0.912 bits per heavy atom. The van der Waals surface area contributed by atoms with Crippen LogP contribution in [-0.4, -0.2) is 16.3 Å². The summed E-state index contributed by atoms with van der Waals surface area (Å²) < 4.78 is 1.57. The summed E-state index contributed by atoms with van der Waals surface area (Å²) in [5.74, 6) is -0.459. The molecule has 0 fully saturated rings. The molecule has 0 aliphatic heterocycles. The molecule has 0 saturated carbocycles. The van der Waals surface area contributed by atoms with Crippen molar-refractivity contribution in [1.29, 1.82) is 0 Å². The highest BCUT2D eigenvalue weighted by molar-refractivity contribution is 6.31. The molecule has 0 aliphatic carbocycles. The first-order valence-corrected chi connectivity index (χ1v) is 11.6. The highest BCUT2D eigenvalue weighted by Gasteiger charge is 2.22. The van der Waals surface area contributed by atoms with Crippen molar-refractivity contribution < 1.29 is 9.59 Å². The zero-order valence-electron chi connectivity index (χ0n) is 18.9. The van der Waals surface area contributed by atoms with Crippen LogP contribution < -0.4 is 11.3 Å². The van der Waals surface area contributed by atoms with E-state index >= 15 is 0 Å². The number of aromatic nitrogens is 1. The molecular weight excluding hydrogens is 448 g/mol. The van der Waals surface area contributed by atoms with Gasteiger partial charge >= 0.3 is 0 Å². The summed E-state index contributed by atoms with van der Waals surface area (Å²) >= 11 is 6.30. The number of halogens is 1. The minimum absolute atomic E-state index is 0.115. The van der Waals surface area contributed by atoms with Crippen molar-refractivity contribution in [3.8, 4) is 11.1 Å². The van der Waals surface area contributed by atoms with Crippen LogP contribution in [0.3, 0.4) is 0 Å². The molecular formula is C28H25ClN2O3. The molecule has 4 aromatic rings. The topological polar surface area (TPSA) is 82.2 Å². The van der Waals surface area contributed by atoms with Gasteiger partial charge in [-0.15, -0.1) is 0 Å². The van der Waals surface area contributed by atoms with Crippen molar-refractivity contribution in [3.63, 3.8) is 0 Å². The Kier molecular flexibility index (Phi) is 6.94. The Bertz CT molecular complexity index is 1420. The maximum atomic E-state index is 13.6. The van der Waals surface area contributed by atoms with Gasteiger partial charge in [-0.3, -0.25) is 19.0 Å². The fourth-order valence-electron chi connectivity index (χ4n) is 4.19. The van der Waals surface area contributed by atoms with Gasteiger partial charge in [-0.1, -0.05) is 73.1 Å². The van der Waals surface area contributed by atoms with E-state index in [1.165, 1.54) is 0 Å². The predicted octanol–water partition coefficient (Wildman–Crippen LogP) is 5.38. The summed E-state index contributed by atoms with van der Waals surface area (Å²) in [5.41, 5.74) is 8.81. The Hall–Kier alpha value is -3.70. The standard InChI is InChI=1S/C28H25ClN2O3/c1-2-24(32)27-26(20-6-4-3-5-7-20)23-16-21(29)13-14-22(23)28(34)31(27)17-19-10-8-18(9-11-19)12-15-25(30)33/h3-11,13-14,16H,2,12,15,17H2,1H3,(H2,30,33). The Balaban J connectivity index is 1.92. The van der Waals surface area contributed by atoms with Crippen LogP contribution in [0.2, 0.25) is 5.02 Å². The zero-order chi connectivity index (χ0) is 24.2. The summed E-state index contributed by atoms with van der Waals surface area (Å²) in [6.07, 6.45) is 1.10. The lowest BCUT2D eigenvalue weighted by Crippen LogP contribution is -2.28. The van der Waals surface area contributed by atoms with Crippen molar-refractivity contribution in [1.82, 2.24) is 4.57 Å². The molecule has 3 aromatic carbocycles. The van der Waals surface area contributed by atoms with E-state index in [0.29, 0.717) is 33.5 Å². The van der Waals surface area contributed by atoms with Crippen LogP contribution in [-0.2, 0) is 17.8 Å². The molecule has 0 saturated heterocycles. The van der Waals surface area contributed by atoms with E-state index < -0.39 is 0 Å². The van der Waals surface area contributed by atoms with Crippen molar-refractivity contribution in [2.45, 2.75) is 32.7 Å². The van der Waals surface area contributed by atoms with E-state index in [1.807, 2.05) is 54.6 Å². The average Bonchev–Trinajstić information content (AvgIpc) is 2.85. The molecule has 0 atom stereocenters. The molecule has 4 rings (SSSR count). The molecule has 1 amide bonds. The SMILES string of the molecule is CCC(=O)c1c(-c2ccccc2)c2cc(Cl)ccc2c(=O)n1Cc1ccc(CCC(N)=O)cc1. The van der Waals surface area contributed by atoms with Crippen LogP contribution in [0.25, 0.3) is 21.9 Å². The van der Waals surface area contributed by atoms with Gasteiger partial charge in [-0.25, -0.2) is 0 Å². The van der Waals surface area contributed by atoms with Gasteiger partial charge in [0.15, 0.2) is 5.78 Å². The lowest BCUT2D eigenvalue weighted by Gasteiger charge is -2.19. The number of rotatable bonds is 8. The van der Waals surface area contributed by atoms with Crippen LogP contribution in [0.1, 0.15) is 41.4 Å². The minimum Gasteiger partial charge on any atom is -0.370 e. The third-order valence-electron chi connectivity index (χ3n) is 5.90. The Labute approximate surface area is 202 Å². The van der Waals surface area contributed by atoms with Gasteiger partial charge in [0.05, 0.1) is 12.2 Å². The largest absolute Gasteiger partial charge is 0.370 e. The Morgan fingerprint density at radius 2 is 1.59 bits per heavy atom.